The van der Waals surface area contributed by atoms with E-state index >= 15 is 0 Å². The van der Waals surface area contributed by atoms with Crippen LogP contribution in [0.25, 0.3) is 5.57 Å². The van der Waals surface area contributed by atoms with Crippen molar-refractivity contribution in [2.75, 3.05) is 10.6 Å². The number of nitrogen functional groups attached to an aromatic ring is 1. The first kappa shape index (κ1) is 16.3. The number of nitrogens with zero attached hydrogens (tertiary/aromatic N) is 1. The molecule has 122 valence electrons. The zero-order valence-electron chi connectivity index (χ0n) is 13.6. The first-order valence-electron chi connectivity index (χ1n) is 7.73. The Morgan fingerprint density at radius 3 is 2.25 bits per heavy atom. The Morgan fingerprint density at radius 1 is 1.04 bits per heavy atom. The molecule has 0 aliphatic carbocycles. The number of amides is 2. The van der Waals surface area contributed by atoms with Gasteiger partial charge in [-0.05, 0) is 66.1 Å². The van der Waals surface area contributed by atoms with E-state index in [1.165, 1.54) is 10.5 Å². The van der Waals surface area contributed by atoms with Crippen molar-refractivity contribution in [3.05, 3.63) is 64.6 Å². The molecule has 2 amide bonds. The van der Waals surface area contributed by atoms with E-state index in [4.69, 9.17) is 5.73 Å². The summed E-state index contributed by atoms with van der Waals surface area (Å²) in [5.41, 5.74) is 9.80. The molecule has 2 N–H and O–H groups in total. The second-order valence-corrected chi connectivity index (χ2v) is 6.57. The standard InChI is InChI=1S/C19H18N2O2S/c1-3-13-4-10-16(11-5-13)21-18(22)17(24-19(21)23)12(2)14-6-8-15(20)9-7-14/h4-11H,3,20H2,1-2H3/b17-12-. The summed E-state index contributed by atoms with van der Waals surface area (Å²) in [4.78, 5) is 26.8. The molecule has 4 nitrogen and oxygen atoms in total. The smallest absolute Gasteiger partial charge is 0.298 e. The van der Waals surface area contributed by atoms with Crippen LogP contribution >= 0.6 is 11.8 Å². The Balaban J connectivity index is 1.95. The number of imide groups is 1. The Morgan fingerprint density at radius 2 is 1.67 bits per heavy atom. The van der Waals surface area contributed by atoms with Crippen molar-refractivity contribution in [1.82, 2.24) is 0 Å². The Hall–Kier alpha value is -2.53. The molecule has 2 aromatic rings. The minimum absolute atomic E-state index is 0.269. The van der Waals surface area contributed by atoms with Crippen molar-refractivity contribution >= 4 is 39.9 Å². The molecule has 1 heterocycles. The number of thioether (sulfide) groups is 1. The third-order valence-corrected chi connectivity index (χ3v) is 5.10. The number of hydrogen-bond acceptors (Lipinski definition) is 4. The fourth-order valence-corrected chi connectivity index (χ4v) is 3.47. The lowest BCUT2D eigenvalue weighted by molar-refractivity contribution is -0.113. The summed E-state index contributed by atoms with van der Waals surface area (Å²) in [5, 5.41) is -0.269. The first-order chi connectivity index (χ1) is 11.5. The first-order valence-corrected chi connectivity index (χ1v) is 8.55. The SMILES string of the molecule is CCc1ccc(N2C(=O)S/C(=C(/C)c3ccc(N)cc3)C2=O)cc1. The molecule has 0 atom stereocenters. The van der Waals surface area contributed by atoms with Gasteiger partial charge in [-0.2, -0.15) is 0 Å². The summed E-state index contributed by atoms with van der Waals surface area (Å²) in [6, 6.07) is 14.8. The molecule has 0 aromatic heterocycles. The van der Waals surface area contributed by atoms with Crippen LogP contribution in [-0.4, -0.2) is 11.1 Å². The van der Waals surface area contributed by atoms with Crippen LogP contribution in [0.5, 0.6) is 0 Å². The zero-order chi connectivity index (χ0) is 17.3. The third-order valence-electron chi connectivity index (χ3n) is 4.06. The lowest BCUT2D eigenvalue weighted by atomic mass is 10.1. The minimum Gasteiger partial charge on any atom is -0.399 e. The maximum Gasteiger partial charge on any atom is 0.298 e. The average Bonchev–Trinajstić information content (AvgIpc) is 2.89. The molecule has 0 unspecified atom stereocenters. The van der Waals surface area contributed by atoms with E-state index in [1.54, 1.807) is 12.1 Å². The molecular weight excluding hydrogens is 320 g/mol. The average molecular weight is 338 g/mol. The predicted octanol–water partition coefficient (Wildman–Crippen LogP) is 4.46. The molecule has 0 saturated carbocycles. The van der Waals surface area contributed by atoms with Crippen LogP contribution in [0, 0.1) is 0 Å². The van der Waals surface area contributed by atoms with Gasteiger partial charge < -0.3 is 5.73 Å². The number of anilines is 2. The molecule has 0 spiro atoms. The number of carbonyl (C=O) groups is 2. The summed E-state index contributed by atoms with van der Waals surface area (Å²) >= 11 is 0.980. The van der Waals surface area contributed by atoms with E-state index in [0.29, 0.717) is 16.3 Å². The fourth-order valence-electron chi connectivity index (χ4n) is 2.57. The highest BCUT2D eigenvalue weighted by molar-refractivity contribution is 8.19. The second kappa shape index (κ2) is 6.53. The molecule has 0 bridgehead atoms. The molecule has 1 fully saturated rings. The summed E-state index contributed by atoms with van der Waals surface area (Å²) in [5.74, 6) is -0.274. The number of carbonyl (C=O) groups excluding carboxylic acids is 2. The van der Waals surface area contributed by atoms with E-state index in [9.17, 15) is 9.59 Å². The highest BCUT2D eigenvalue weighted by atomic mass is 32.2. The van der Waals surface area contributed by atoms with Crippen molar-refractivity contribution < 1.29 is 9.59 Å². The summed E-state index contributed by atoms with van der Waals surface area (Å²) in [7, 11) is 0. The monoisotopic (exact) mass is 338 g/mol. The van der Waals surface area contributed by atoms with E-state index in [1.807, 2.05) is 43.3 Å². The highest BCUT2D eigenvalue weighted by Gasteiger charge is 2.37. The van der Waals surface area contributed by atoms with Gasteiger partial charge in [0.05, 0.1) is 10.6 Å². The molecule has 1 aliphatic heterocycles. The number of hydrogen-bond donors (Lipinski definition) is 1. The molecule has 3 rings (SSSR count). The number of aryl methyl sites for hydroxylation is 1. The van der Waals surface area contributed by atoms with E-state index in [2.05, 4.69) is 6.92 Å². The number of allylic oxidation sites excluding steroid dienone is 1. The van der Waals surface area contributed by atoms with Gasteiger partial charge >= 0.3 is 0 Å². The highest BCUT2D eigenvalue weighted by Crippen LogP contribution is 2.39. The van der Waals surface area contributed by atoms with Gasteiger partial charge in [0.2, 0.25) is 0 Å². The van der Waals surface area contributed by atoms with Crippen LogP contribution in [0.4, 0.5) is 16.2 Å². The molecule has 0 radical (unpaired) electrons. The van der Waals surface area contributed by atoms with E-state index < -0.39 is 0 Å². The van der Waals surface area contributed by atoms with Gasteiger partial charge in [-0.25, -0.2) is 4.90 Å². The summed E-state index contributed by atoms with van der Waals surface area (Å²) in [6.07, 6.45) is 0.915. The molecule has 5 heteroatoms. The molecule has 2 aromatic carbocycles. The van der Waals surface area contributed by atoms with Crippen LogP contribution in [0.15, 0.2) is 53.4 Å². The van der Waals surface area contributed by atoms with Crippen LogP contribution in [0.3, 0.4) is 0 Å². The van der Waals surface area contributed by atoms with Gasteiger partial charge in [0.1, 0.15) is 0 Å². The van der Waals surface area contributed by atoms with Crippen molar-refractivity contribution in [2.45, 2.75) is 20.3 Å². The van der Waals surface area contributed by atoms with E-state index in [0.717, 1.165) is 29.3 Å². The van der Waals surface area contributed by atoms with Crippen LogP contribution < -0.4 is 10.6 Å². The van der Waals surface area contributed by atoms with Gasteiger partial charge in [0, 0.05) is 5.69 Å². The van der Waals surface area contributed by atoms with Gasteiger partial charge in [-0.15, -0.1) is 0 Å². The number of nitrogens with two attached hydrogens (primary N) is 1. The van der Waals surface area contributed by atoms with Crippen molar-refractivity contribution in [3.63, 3.8) is 0 Å². The minimum atomic E-state index is -0.274. The lowest BCUT2D eigenvalue weighted by Gasteiger charge is -2.13. The molecular formula is C19H18N2O2S. The zero-order valence-corrected chi connectivity index (χ0v) is 14.4. The molecule has 1 saturated heterocycles. The largest absolute Gasteiger partial charge is 0.399 e. The quantitative estimate of drug-likeness (QED) is 0.663. The van der Waals surface area contributed by atoms with Gasteiger partial charge in [-0.3, -0.25) is 9.59 Å². The second-order valence-electron chi connectivity index (χ2n) is 5.60. The normalized spacial score (nSPS) is 16.7. The molecule has 24 heavy (non-hydrogen) atoms. The van der Waals surface area contributed by atoms with Crippen LogP contribution in [-0.2, 0) is 11.2 Å². The molecule has 1 aliphatic rings. The summed E-state index contributed by atoms with van der Waals surface area (Å²) in [6.45, 7) is 3.91. The maximum absolute atomic E-state index is 12.8. The van der Waals surface area contributed by atoms with Gasteiger partial charge in [-0.1, -0.05) is 31.2 Å². The Kier molecular flexibility index (Phi) is 4.44. The Labute approximate surface area is 145 Å². The fraction of sp³-hybridized carbons (Fsp3) is 0.158. The van der Waals surface area contributed by atoms with Crippen LogP contribution in [0.2, 0.25) is 0 Å². The van der Waals surface area contributed by atoms with Crippen LogP contribution in [0.1, 0.15) is 25.0 Å². The van der Waals surface area contributed by atoms with Gasteiger partial charge in [0.15, 0.2) is 0 Å². The maximum atomic E-state index is 12.8. The van der Waals surface area contributed by atoms with Gasteiger partial charge in [0.25, 0.3) is 11.1 Å². The van der Waals surface area contributed by atoms with Crippen molar-refractivity contribution in [1.29, 1.82) is 0 Å². The number of rotatable bonds is 3. The summed E-state index contributed by atoms with van der Waals surface area (Å²) < 4.78 is 0. The van der Waals surface area contributed by atoms with Crippen molar-refractivity contribution in [2.24, 2.45) is 0 Å². The Bertz CT molecular complexity index is 823. The lowest BCUT2D eigenvalue weighted by Crippen LogP contribution is -2.27. The predicted molar refractivity (Wildman–Crippen MR) is 99.7 cm³/mol. The third kappa shape index (κ3) is 2.95. The number of benzene rings is 2. The topological polar surface area (TPSA) is 63.4 Å². The van der Waals surface area contributed by atoms with E-state index in [-0.39, 0.29) is 11.1 Å². The van der Waals surface area contributed by atoms with Crippen molar-refractivity contribution in [3.8, 4) is 0 Å².